The van der Waals surface area contributed by atoms with Crippen LogP contribution in [0.4, 0.5) is 0 Å². The Bertz CT molecular complexity index is 159. The molecule has 0 rings (SSSR count). The average Bonchev–Trinajstić information content (AvgIpc) is 1.87. The molecule has 0 amide bonds. The van der Waals surface area contributed by atoms with Crippen LogP contribution in [0.1, 0.15) is 27.2 Å². The molecule has 0 radical (unpaired) electrons. The standard InChI is InChI=1S/C10H16/c1-5-10(4)8-6-7-9(2)3/h6-8H,2,5H2,1,3-4H3/b7-6-,10-8-. The summed E-state index contributed by atoms with van der Waals surface area (Å²) in [5.41, 5.74) is 2.50. The largest absolute Gasteiger partial charge is 0.0961 e. The van der Waals surface area contributed by atoms with Gasteiger partial charge >= 0.3 is 0 Å². The van der Waals surface area contributed by atoms with Crippen LogP contribution < -0.4 is 0 Å². The van der Waals surface area contributed by atoms with Gasteiger partial charge in [0.05, 0.1) is 0 Å². The molecule has 0 fully saturated rings. The molecule has 0 saturated heterocycles. The lowest BCUT2D eigenvalue weighted by Crippen LogP contribution is -1.67. The van der Waals surface area contributed by atoms with Crippen molar-refractivity contribution in [3.05, 3.63) is 36.0 Å². The molecular formula is C10H16. The van der Waals surface area contributed by atoms with Crippen LogP contribution in [-0.2, 0) is 0 Å². The summed E-state index contributed by atoms with van der Waals surface area (Å²) in [5.74, 6) is 0. The minimum Gasteiger partial charge on any atom is -0.0961 e. The van der Waals surface area contributed by atoms with Gasteiger partial charge in [-0.05, 0) is 20.3 Å². The fourth-order valence-electron chi connectivity index (χ4n) is 0.494. The van der Waals surface area contributed by atoms with E-state index in [1.165, 1.54) is 5.57 Å². The lowest BCUT2D eigenvalue weighted by molar-refractivity contribution is 1.10. The maximum atomic E-state index is 3.76. The number of hydrogen-bond donors (Lipinski definition) is 0. The monoisotopic (exact) mass is 136 g/mol. The van der Waals surface area contributed by atoms with Crippen LogP contribution in [0, 0.1) is 0 Å². The van der Waals surface area contributed by atoms with Gasteiger partial charge in [-0.1, -0.05) is 42.9 Å². The van der Waals surface area contributed by atoms with Crippen molar-refractivity contribution >= 4 is 0 Å². The van der Waals surface area contributed by atoms with E-state index in [0.29, 0.717) is 0 Å². The molecule has 0 spiro atoms. The first kappa shape index (κ1) is 9.22. The first-order valence-electron chi connectivity index (χ1n) is 3.66. The topological polar surface area (TPSA) is 0 Å². The molecule has 0 unspecified atom stereocenters. The Balaban J connectivity index is 3.82. The fraction of sp³-hybridized carbons (Fsp3) is 0.400. The second kappa shape index (κ2) is 5.04. The molecule has 0 heteroatoms. The molecule has 0 aliphatic heterocycles. The molecule has 10 heavy (non-hydrogen) atoms. The van der Waals surface area contributed by atoms with Crippen LogP contribution in [0.15, 0.2) is 36.0 Å². The lowest BCUT2D eigenvalue weighted by Gasteiger charge is -1.88. The molecule has 56 valence electrons. The number of allylic oxidation sites excluding steroid dienone is 5. The van der Waals surface area contributed by atoms with Crippen LogP contribution in [0.5, 0.6) is 0 Å². The zero-order chi connectivity index (χ0) is 7.98. The van der Waals surface area contributed by atoms with Crippen molar-refractivity contribution in [2.75, 3.05) is 0 Å². The van der Waals surface area contributed by atoms with E-state index >= 15 is 0 Å². The Hall–Kier alpha value is -0.780. The first-order chi connectivity index (χ1) is 4.66. The van der Waals surface area contributed by atoms with E-state index in [1.54, 1.807) is 0 Å². The summed E-state index contributed by atoms with van der Waals surface area (Å²) in [6.07, 6.45) is 7.30. The van der Waals surface area contributed by atoms with Gasteiger partial charge in [-0.25, -0.2) is 0 Å². The molecule has 0 aromatic carbocycles. The first-order valence-corrected chi connectivity index (χ1v) is 3.66. The zero-order valence-electron chi connectivity index (χ0n) is 7.15. The minimum absolute atomic E-state index is 1.10. The highest BCUT2D eigenvalue weighted by Crippen LogP contribution is 1.98. The Morgan fingerprint density at radius 3 is 2.40 bits per heavy atom. The van der Waals surface area contributed by atoms with E-state index in [1.807, 2.05) is 19.1 Å². The maximum absolute atomic E-state index is 3.76. The molecule has 0 aromatic rings. The quantitative estimate of drug-likeness (QED) is 0.521. The van der Waals surface area contributed by atoms with Gasteiger partial charge in [0.1, 0.15) is 0 Å². The summed E-state index contributed by atoms with van der Waals surface area (Å²) in [4.78, 5) is 0. The van der Waals surface area contributed by atoms with Crippen LogP contribution in [0.2, 0.25) is 0 Å². The van der Waals surface area contributed by atoms with E-state index in [2.05, 4.69) is 26.5 Å². The number of hydrogen-bond acceptors (Lipinski definition) is 0. The molecule has 0 saturated carbocycles. The minimum atomic E-state index is 1.10. The molecule has 0 atom stereocenters. The third-order valence-corrected chi connectivity index (χ3v) is 1.32. The SMILES string of the molecule is C=C(C)/C=C\C=C(\C)CC. The summed E-state index contributed by atoms with van der Waals surface area (Å²) in [7, 11) is 0. The van der Waals surface area contributed by atoms with Crippen LogP contribution >= 0.6 is 0 Å². The summed E-state index contributed by atoms with van der Waals surface area (Å²) in [6, 6.07) is 0. The van der Waals surface area contributed by atoms with Gasteiger partial charge in [0.2, 0.25) is 0 Å². The summed E-state index contributed by atoms with van der Waals surface area (Å²) in [6.45, 7) is 10.0. The van der Waals surface area contributed by atoms with E-state index < -0.39 is 0 Å². The number of rotatable bonds is 3. The van der Waals surface area contributed by atoms with Crippen molar-refractivity contribution in [1.29, 1.82) is 0 Å². The highest BCUT2D eigenvalue weighted by molar-refractivity contribution is 5.19. The van der Waals surface area contributed by atoms with Gasteiger partial charge in [-0.15, -0.1) is 0 Å². The highest BCUT2D eigenvalue weighted by Gasteiger charge is 1.77. The summed E-state index contributed by atoms with van der Waals surface area (Å²) >= 11 is 0. The van der Waals surface area contributed by atoms with Gasteiger partial charge in [0.15, 0.2) is 0 Å². The van der Waals surface area contributed by atoms with Crippen LogP contribution in [0.3, 0.4) is 0 Å². The van der Waals surface area contributed by atoms with E-state index in [0.717, 1.165) is 12.0 Å². The third kappa shape index (κ3) is 5.36. The van der Waals surface area contributed by atoms with Crippen molar-refractivity contribution in [3.63, 3.8) is 0 Å². The lowest BCUT2D eigenvalue weighted by atomic mass is 10.2. The van der Waals surface area contributed by atoms with E-state index in [-0.39, 0.29) is 0 Å². The third-order valence-electron chi connectivity index (χ3n) is 1.32. The zero-order valence-corrected chi connectivity index (χ0v) is 7.15. The molecule has 0 N–H and O–H groups in total. The van der Waals surface area contributed by atoms with Crippen LogP contribution in [0.25, 0.3) is 0 Å². The predicted molar refractivity (Wildman–Crippen MR) is 48.0 cm³/mol. The molecule has 0 heterocycles. The molecular weight excluding hydrogens is 120 g/mol. The van der Waals surface area contributed by atoms with Gasteiger partial charge < -0.3 is 0 Å². The molecule has 0 nitrogen and oxygen atoms in total. The van der Waals surface area contributed by atoms with Gasteiger partial charge in [0, 0.05) is 0 Å². The Morgan fingerprint density at radius 2 is 2.00 bits per heavy atom. The van der Waals surface area contributed by atoms with Crippen molar-refractivity contribution in [2.24, 2.45) is 0 Å². The molecule has 0 aliphatic rings. The van der Waals surface area contributed by atoms with Crippen molar-refractivity contribution < 1.29 is 0 Å². The molecule has 0 bridgehead atoms. The smallest absolute Gasteiger partial charge is 0.0349 e. The average molecular weight is 136 g/mol. The Morgan fingerprint density at radius 1 is 1.40 bits per heavy atom. The van der Waals surface area contributed by atoms with Gasteiger partial charge in [-0.3, -0.25) is 0 Å². The summed E-state index contributed by atoms with van der Waals surface area (Å²) in [5, 5.41) is 0. The summed E-state index contributed by atoms with van der Waals surface area (Å²) < 4.78 is 0. The van der Waals surface area contributed by atoms with Gasteiger partial charge in [0.25, 0.3) is 0 Å². The second-order valence-corrected chi connectivity index (χ2v) is 2.57. The Labute approximate surface area is 64.0 Å². The van der Waals surface area contributed by atoms with Crippen LogP contribution in [-0.4, -0.2) is 0 Å². The second-order valence-electron chi connectivity index (χ2n) is 2.57. The normalized spacial score (nSPS) is 12.5. The molecule has 0 aromatic heterocycles. The van der Waals surface area contributed by atoms with Crippen molar-refractivity contribution in [3.8, 4) is 0 Å². The Kier molecular flexibility index (Phi) is 4.65. The predicted octanol–water partition coefficient (Wildman–Crippen LogP) is 3.48. The molecule has 0 aliphatic carbocycles. The van der Waals surface area contributed by atoms with E-state index in [9.17, 15) is 0 Å². The van der Waals surface area contributed by atoms with Crippen molar-refractivity contribution in [2.45, 2.75) is 27.2 Å². The highest BCUT2D eigenvalue weighted by atomic mass is 13.8. The van der Waals surface area contributed by atoms with E-state index in [4.69, 9.17) is 0 Å². The van der Waals surface area contributed by atoms with Crippen molar-refractivity contribution in [1.82, 2.24) is 0 Å². The maximum Gasteiger partial charge on any atom is -0.0349 e. The fourth-order valence-corrected chi connectivity index (χ4v) is 0.494. The van der Waals surface area contributed by atoms with Gasteiger partial charge in [-0.2, -0.15) is 0 Å².